The van der Waals surface area contributed by atoms with Crippen LogP contribution < -0.4 is 0 Å². The molecule has 0 atom stereocenters. The first kappa shape index (κ1) is 10.4. The molecule has 0 radical (unpaired) electrons. The van der Waals surface area contributed by atoms with Crippen molar-refractivity contribution < 1.29 is 14.6 Å². The molecule has 0 aliphatic rings. The predicted molar refractivity (Wildman–Crippen MR) is 51.4 cm³/mol. The van der Waals surface area contributed by atoms with E-state index in [0.29, 0.717) is 0 Å². The fraction of sp³-hybridized carbons (Fsp3) is 0.111. The molecule has 0 bridgehead atoms. The molecule has 0 aromatic heterocycles. The molecule has 1 rings (SSSR count). The van der Waals surface area contributed by atoms with E-state index < -0.39 is 5.97 Å². The molecule has 14 heavy (non-hydrogen) atoms. The van der Waals surface area contributed by atoms with Gasteiger partial charge in [-0.2, -0.15) is 5.26 Å². The minimum Gasteiger partial charge on any atom is -0.508 e. The number of phenols is 1. The fourth-order valence-electron chi connectivity index (χ4n) is 1.02. The number of hydrogen-bond donors (Lipinski definition) is 2. The van der Waals surface area contributed by atoms with Gasteiger partial charge in [0.05, 0.1) is 18.2 Å². The summed E-state index contributed by atoms with van der Waals surface area (Å²) in [7, 11) is 1.21. The molecule has 0 spiro atoms. The van der Waals surface area contributed by atoms with Crippen LogP contribution in [-0.4, -0.2) is 18.2 Å². The van der Waals surface area contributed by atoms with E-state index in [4.69, 9.17) is 10.4 Å². The van der Waals surface area contributed by atoms with Crippen molar-refractivity contribution in [2.45, 2.75) is 4.90 Å². The minimum absolute atomic E-state index is 0.0434. The van der Waals surface area contributed by atoms with Crippen LogP contribution in [-0.2, 0) is 4.74 Å². The predicted octanol–water partition coefficient (Wildman–Crippen LogP) is 1.34. The summed E-state index contributed by atoms with van der Waals surface area (Å²) in [5.41, 5.74) is 0.109. The van der Waals surface area contributed by atoms with E-state index >= 15 is 0 Å². The number of benzene rings is 1. The van der Waals surface area contributed by atoms with E-state index in [-0.39, 0.29) is 21.8 Å². The number of carbonyl (C=O) groups is 1. The maximum Gasteiger partial charge on any atom is 0.340 e. The van der Waals surface area contributed by atoms with Crippen molar-refractivity contribution in [2.75, 3.05) is 7.11 Å². The Morgan fingerprint density at radius 1 is 1.64 bits per heavy atom. The number of hydrogen-bond acceptors (Lipinski definition) is 5. The highest BCUT2D eigenvalue weighted by molar-refractivity contribution is 7.80. The second-order valence-electron chi connectivity index (χ2n) is 2.49. The number of nitrogens with zero attached hydrogens (tertiary/aromatic N) is 1. The number of rotatable bonds is 1. The lowest BCUT2D eigenvalue weighted by atomic mass is 10.1. The van der Waals surface area contributed by atoms with Gasteiger partial charge in [-0.15, -0.1) is 12.6 Å². The van der Waals surface area contributed by atoms with Crippen molar-refractivity contribution in [1.29, 1.82) is 5.26 Å². The Bertz CT molecular complexity index is 423. The summed E-state index contributed by atoms with van der Waals surface area (Å²) in [5, 5.41) is 17.9. The fourth-order valence-corrected chi connectivity index (χ4v) is 1.36. The van der Waals surface area contributed by atoms with Crippen LogP contribution in [0.1, 0.15) is 15.9 Å². The van der Waals surface area contributed by atoms with E-state index in [9.17, 15) is 4.79 Å². The quantitative estimate of drug-likeness (QED) is 0.541. The summed E-state index contributed by atoms with van der Waals surface area (Å²) in [4.78, 5) is 11.4. The number of phenolic OH excluding ortho intramolecular Hbond substituents is 1. The maximum atomic E-state index is 11.2. The van der Waals surface area contributed by atoms with Crippen molar-refractivity contribution >= 4 is 18.6 Å². The van der Waals surface area contributed by atoms with Gasteiger partial charge in [-0.3, -0.25) is 0 Å². The topological polar surface area (TPSA) is 70.3 Å². The van der Waals surface area contributed by atoms with Crippen LogP contribution in [0.25, 0.3) is 0 Å². The van der Waals surface area contributed by atoms with E-state index in [1.54, 1.807) is 6.07 Å². The highest BCUT2D eigenvalue weighted by Crippen LogP contribution is 2.24. The van der Waals surface area contributed by atoms with Crippen LogP contribution in [0.4, 0.5) is 0 Å². The van der Waals surface area contributed by atoms with Gasteiger partial charge >= 0.3 is 5.97 Å². The second kappa shape index (κ2) is 4.03. The number of nitriles is 1. The molecule has 1 N–H and O–H groups in total. The monoisotopic (exact) mass is 209 g/mol. The number of methoxy groups -OCH3 is 1. The summed E-state index contributed by atoms with van der Waals surface area (Å²) in [5.74, 6) is -0.759. The second-order valence-corrected chi connectivity index (χ2v) is 2.97. The molecule has 0 fully saturated rings. The number of carbonyl (C=O) groups excluding carboxylic acids is 1. The first-order chi connectivity index (χ1) is 6.60. The molecule has 0 saturated heterocycles. The van der Waals surface area contributed by atoms with Crippen molar-refractivity contribution in [2.24, 2.45) is 0 Å². The SMILES string of the molecule is COC(=O)c1c(S)cc(O)cc1C#N. The van der Waals surface area contributed by atoms with E-state index in [2.05, 4.69) is 17.4 Å². The van der Waals surface area contributed by atoms with Crippen LogP contribution in [0.2, 0.25) is 0 Å². The van der Waals surface area contributed by atoms with Crippen molar-refractivity contribution in [3.05, 3.63) is 23.3 Å². The Balaban J connectivity index is 3.42. The number of aromatic hydroxyl groups is 1. The molecule has 0 heterocycles. The van der Waals surface area contributed by atoms with Crippen molar-refractivity contribution in [1.82, 2.24) is 0 Å². The molecule has 1 aromatic rings. The van der Waals surface area contributed by atoms with Crippen LogP contribution in [0.15, 0.2) is 17.0 Å². The van der Waals surface area contributed by atoms with E-state index in [1.807, 2.05) is 0 Å². The van der Waals surface area contributed by atoms with Crippen molar-refractivity contribution in [3.63, 3.8) is 0 Å². The highest BCUT2D eigenvalue weighted by Gasteiger charge is 2.16. The van der Waals surface area contributed by atoms with Crippen molar-refractivity contribution in [3.8, 4) is 11.8 Å². The zero-order chi connectivity index (χ0) is 10.7. The average Bonchev–Trinajstić information content (AvgIpc) is 2.15. The number of ether oxygens (including phenoxy) is 1. The summed E-state index contributed by atoms with van der Waals surface area (Å²) < 4.78 is 4.48. The summed E-state index contributed by atoms with van der Waals surface area (Å²) in [6, 6.07) is 4.24. The zero-order valence-electron chi connectivity index (χ0n) is 7.31. The largest absolute Gasteiger partial charge is 0.508 e. The Morgan fingerprint density at radius 3 is 2.79 bits per heavy atom. The molecular formula is C9H7NO3S. The number of esters is 1. The van der Waals surface area contributed by atoms with Gasteiger partial charge in [0.25, 0.3) is 0 Å². The van der Waals surface area contributed by atoms with Crippen LogP contribution >= 0.6 is 12.6 Å². The highest BCUT2D eigenvalue weighted by atomic mass is 32.1. The summed E-state index contributed by atoms with van der Waals surface area (Å²) in [6.07, 6.45) is 0. The Hall–Kier alpha value is -1.67. The molecule has 1 aromatic carbocycles. The zero-order valence-corrected chi connectivity index (χ0v) is 8.21. The van der Waals surface area contributed by atoms with Gasteiger partial charge in [0.1, 0.15) is 11.8 Å². The lowest BCUT2D eigenvalue weighted by molar-refractivity contribution is 0.0596. The van der Waals surface area contributed by atoms with E-state index in [1.165, 1.54) is 19.2 Å². The first-order valence-electron chi connectivity index (χ1n) is 3.64. The third-order valence-electron chi connectivity index (χ3n) is 1.61. The normalized spacial score (nSPS) is 9.21. The lowest BCUT2D eigenvalue weighted by Gasteiger charge is -2.05. The van der Waals surface area contributed by atoms with Gasteiger partial charge < -0.3 is 9.84 Å². The average molecular weight is 209 g/mol. The Labute approximate surface area is 86.1 Å². The van der Waals surface area contributed by atoms with Crippen LogP contribution in [0.3, 0.4) is 0 Å². The molecule has 0 aliphatic heterocycles. The Kier molecular flexibility index (Phi) is 2.99. The minimum atomic E-state index is -0.647. The van der Waals surface area contributed by atoms with Gasteiger partial charge in [-0.25, -0.2) is 4.79 Å². The summed E-state index contributed by atoms with van der Waals surface area (Å²) >= 11 is 3.97. The molecule has 5 heteroatoms. The van der Waals surface area contributed by atoms with Crippen LogP contribution in [0, 0.1) is 11.3 Å². The third-order valence-corrected chi connectivity index (χ3v) is 1.96. The third kappa shape index (κ3) is 1.80. The summed E-state index contributed by atoms with van der Waals surface area (Å²) in [6.45, 7) is 0. The van der Waals surface area contributed by atoms with E-state index in [0.717, 1.165) is 0 Å². The molecular weight excluding hydrogens is 202 g/mol. The lowest BCUT2D eigenvalue weighted by Crippen LogP contribution is -2.05. The number of thiol groups is 1. The smallest absolute Gasteiger partial charge is 0.340 e. The molecule has 4 nitrogen and oxygen atoms in total. The molecule has 72 valence electrons. The standard InChI is InChI=1S/C9H7NO3S/c1-13-9(12)8-5(4-10)2-6(11)3-7(8)14/h2-3,11,14H,1H3. The van der Waals surface area contributed by atoms with Gasteiger partial charge in [-0.05, 0) is 12.1 Å². The maximum absolute atomic E-state index is 11.2. The molecule has 0 amide bonds. The Morgan fingerprint density at radius 2 is 2.29 bits per heavy atom. The molecule has 0 unspecified atom stereocenters. The molecule has 0 saturated carbocycles. The van der Waals surface area contributed by atoms with Gasteiger partial charge in [0.15, 0.2) is 0 Å². The van der Waals surface area contributed by atoms with Crippen LogP contribution in [0.5, 0.6) is 5.75 Å². The first-order valence-corrected chi connectivity index (χ1v) is 4.09. The molecule has 0 aliphatic carbocycles. The van der Waals surface area contributed by atoms with Gasteiger partial charge in [-0.1, -0.05) is 0 Å². The van der Waals surface area contributed by atoms with Gasteiger partial charge in [0.2, 0.25) is 0 Å². The van der Waals surface area contributed by atoms with Gasteiger partial charge in [0, 0.05) is 4.90 Å².